The normalized spacial score (nSPS) is 16.9. The standard InChI is InChI=1S/C39H40F3N7O6/c1-52-16-17-55-31-18-23(38(51)46-32-19-26(12-13-43-32)39(40,41)42)6-10-29(31)34-35-36(45-21-24-5-9-28(53-2)20-30(24)54-3)44-14-15-48(35)37(47-34)25-4-7-27-8-11-33(50)49(27)22-25/h5-6,9-10,12-15,18-20,25,27H,4,7-8,11,16-17,21-22H2,1-3H3,(H,44,45)(H,43,46,51)/t25-,27+/m1/s1. The molecule has 2 aromatic carbocycles. The molecule has 0 unspecified atom stereocenters. The minimum Gasteiger partial charge on any atom is -0.497 e. The van der Waals surface area contributed by atoms with E-state index in [1.165, 1.54) is 13.2 Å². The average Bonchev–Trinajstić information content (AvgIpc) is 3.77. The fourth-order valence-electron chi connectivity index (χ4n) is 7.20. The Morgan fingerprint density at radius 3 is 2.58 bits per heavy atom. The van der Waals surface area contributed by atoms with Crippen molar-refractivity contribution in [3.63, 3.8) is 0 Å². The number of fused-ring (bicyclic) bond motifs is 2. The van der Waals surface area contributed by atoms with Gasteiger partial charge >= 0.3 is 6.18 Å². The third kappa shape index (κ3) is 7.85. The molecule has 0 aliphatic carbocycles. The Morgan fingerprint density at radius 1 is 0.945 bits per heavy atom. The molecule has 0 saturated carbocycles. The van der Waals surface area contributed by atoms with Gasteiger partial charge in [-0.2, -0.15) is 13.2 Å². The topological polar surface area (TPSA) is 141 Å². The van der Waals surface area contributed by atoms with E-state index in [1.807, 2.05) is 27.6 Å². The van der Waals surface area contributed by atoms with Crippen LogP contribution in [-0.4, -0.2) is 83.2 Å². The molecule has 2 aliphatic rings. The fourth-order valence-corrected chi connectivity index (χ4v) is 7.20. The number of rotatable bonds is 13. The molecule has 2 fully saturated rings. The van der Waals surface area contributed by atoms with Crippen LogP contribution in [0.25, 0.3) is 16.8 Å². The molecular formula is C39H40F3N7O6. The van der Waals surface area contributed by atoms with Crippen molar-refractivity contribution in [1.29, 1.82) is 0 Å². The van der Waals surface area contributed by atoms with Crippen molar-refractivity contribution in [3.8, 4) is 28.5 Å². The molecule has 3 aromatic heterocycles. The largest absolute Gasteiger partial charge is 0.497 e. The lowest BCUT2D eigenvalue weighted by molar-refractivity contribution is -0.137. The summed E-state index contributed by atoms with van der Waals surface area (Å²) < 4.78 is 64.5. The highest BCUT2D eigenvalue weighted by Gasteiger charge is 2.38. The quantitative estimate of drug-likeness (QED) is 0.126. The van der Waals surface area contributed by atoms with Gasteiger partial charge in [-0.1, -0.05) is 0 Å². The number of hydrogen-bond donors (Lipinski definition) is 2. The lowest BCUT2D eigenvalue weighted by Crippen LogP contribution is -2.41. The number of ether oxygens (including phenoxy) is 4. The SMILES string of the molecule is COCCOc1cc(C(=O)Nc2cc(C(F)(F)F)ccn2)ccc1-c1nc([C@@H]2CC[C@H]3CCC(=O)N3C2)n2ccnc(NCc3ccc(OC)cc3OC)c12. The number of halogens is 3. The fraction of sp³-hybridized carbons (Fsp3) is 0.359. The van der Waals surface area contributed by atoms with Crippen molar-refractivity contribution in [2.24, 2.45) is 0 Å². The Bertz CT molecular complexity index is 2210. The van der Waals surface area contributed by atoms with Crippen molar-refractivity contribution in [2.45, 2.75) is 50.4 Å². The summed E-state index contributed by atoms with van der Waals surface area (Å²) >= 11 is 0. The number of amides is 2. The highest BCUT2D eigenvalue weighted by atomic mass is 19.4. The van der Waals surface area contributed by atoms with Gasteiger partial charge in [-0.25, -0.2) is 15.0 Å². The van der Waals surface area contributed by atoms with Gasteiger partial charge in [-0.3, -0.25) is 14.0 Å². The lowest BCUT2D eigenvalue weighted by Gasteiger charge is -2.34. The van der Waals surface area contributed by atoms with Crippen LogP contribution in [0, 0.1) is 0 Å². The van der Waals surface area contributed by atoms with Crippen LogP contribution < -0.4 is 24.8 Å². The molecule has 2 amide bonds. The number of alkyl halides is 3. The van der Waals surface area contributed by atoms with Gasteiger partial charge in [0.25, 0.3) is 5.91 Å². The van der Waals surface area contributed by atoms with E-state index in [4.69, 9.17) is 28.9 Å². The average molecular weight is 760 g/mol. The summed E-state index contributed by atoms with van der Waals surface area (Å²) in [6.07, 6.45) is 3.01. The van der Waals surface area contributed by atoms with E-state index in [1.54, 1.807) is 38.6 Å². The molecule has 0 radical (unpaired) electrons. The van der Waals surface area contributed by atoms with Gasteiger partial charge in [0.05, 0.1) is 26.4 Å². The number of carbonyl (C=O) groups excluding carboxylic acids is 2. The molecule has 0 spiro atoms. The van der Waals surface area contributed by atoms with E-state index >= 15 is 0 Å². The summed E-state index contributed by atoms with van der Waals surface area (Å²) in [5.74, 6) is 1.97. The molecule has 2 N–H and O–H groups in total. The molecule has 2 atom stereocenters. The number of pyridine rings is 1. The van der Waals surface area contributed by atoms with E-state index < -0.39 is 17.6 Å². The van der Waals surface area contributed by atoms with Crippen LogP contribution in [0.2, 0.25) is 0 Å². The van der Waals surface area contributed by atoms with Gasteiger partial charge in [-0.05, 0) is 61.7 Å². The summed E-state index contributed by atoms with van der Waals surface area (Å²) in [6, 6.07) is 12.1. The molecule has 288 valence electrons. The van der Waals surface area contributed by atoms with Crippen LogP contribution in [0.4, 0.5) is 24.8 Å². The third-order valence-corrected chi connectivity index (χ3v) is 9.98. The number of benzene rings is 2. The predicted molar refractivity (Wildman–Crippen MR) is 197 cm³/mol. The Labute approximate surface area is 314 Å². The number of imidazole rings is 1. The van der Waals surface area contributed by atoms with Crippen LogP contribution in [-0.2, 0) is 22.3 Å². The molecule has 16 heteroatoms. The van der Waals surface area contributed by atoms with E-state index in [0.29, 0.717) is 59.4 Å². The first-order valence-corrected chi connectivity index (χ1v) is 17.8. The maximum Gasteiger partial charge on any atom is 0.416 e. The van der Waals surface area contributed by atoms with Gasteiger partial charge in [0.1, 0.15) is 46.7 Å². The van der Waals surface area contributed by atoms with E-state index in [-0.39, 0.29) is 42.5 Å². The van der Waals surface area contributed by atoms with E-state index in [0.717, 1.165) is 49.0 Å². The Balaban J connectivity index is 1.30. The smallest absolute Gasteiger partial charge is 0.416 e. The molecular weight excluding hydrogens is 719 g/mol. The summed E-state index contributed by atoms with van der Waals surface area (Å²) in [5, 5.41) is 5.92. The summed E-state index contributed by atoms with van der Waals surface area (Å²) in [7, 11) is 4.71. The van der Waals surface area contributed by atoms with Crippen LogP contribution in [0.1, 0.15) is 58.9 Å². The molecule has 5 heterocycles. The number of aromatic nitrogens is 4. The third-order valence-electron chi connectivity index (χ3n) is 9.98. The zero-order valence-corrected chi connectivity index (χ0v) is 30.5. The monoisotopic (exact) mass is 759 g/mol. The van der Waals surface area contributed by atoms with Gasteiger partial charge in [0.2, 0.25) is 5.91 Å². The van der Waals surface area contributed by atoms with Gasteiger partial charge in [0.15, 0.2) is 5.82 Å². The van der Waals surface area contributed by atoms with Crippen molar-refractivity contribution < 1.29 is 41.7 Å². The highest BCUT2D eigenvalue weighted by molar-refractivity contribution is 6.05. The maximum absolute atomic E-state index is 13.4. The van der Waals surface area contributed by atoms with Crippen LogP contribution >= 0.6 is 0 Å². The second-order valence-electron chi connectivity index (χ2n) is 13.3. The second-order valence-corrected chi connectivity index (χ2v) is 13.3. The first-order chi connectivity index (χ1) is 26.6. The summed E-state index contributed by atoms with van der Waals surface area (Å²) in [5.41, 5.74) is 1.73. The molecule has 0 bridgehead atoms. The number of nitrogens with one attached hydrogen (secondary N) is 2. The minimum atomic E-state index is -4.61. The lowest BCUT2D eigenvalue weighted by atomic mass is 9.92. The number of carbonyl (C=O) groups is 2. The Kier molecular flexibility index (Phi) is 10.8. The number of nitrogens with zero attached hydrogens (tertiary/aromatic N) is 5. The Hall–Kier alpha value is -5.90. The van der Waals surface area contributed by atoms with Crippen molar-refractivity contribution in [3.05, 3.63) is 89.6 Å². The molecule has 2 aliphatic heterocycles. The minimum absolute atomic E-state index is 0.0700. The van der Waals surface area contributed by atoms with Crippen molar-refractivity contribution in [2.75, 3.05) is 51.7 Å². The van der Waals surface area contributed by atoms with Gasteiger partial charge < -0.3 is 34.5 Å². The number of anilines is 2. The predicted octanol–water partition coefficient (Wildman–Crippen LogP) is 6.59. The zero-order chi connectivity index (χ0) is 38.7. The zero-order valence-electron chi connectivity index (χ0n) is 30.5. The van der Waals surface area contributed by atoms with E-state index in [9.17, 15) is 22.8 Å². The summed E-state index contributed by atoms with van der Waals surface area (Å²) in [6.45, 7) is 1.25. The molecule has 2 saturated heterocycles. The van der Waals surface area contributed by atoms with Gasteiger partial charge in [-0.15, -0.1) is 0 Å². The van der Waals surface area contributed by atoms with Crippen molar-refractivity contribution in [1.82, 2.24) is 24.3 Å². The van der Waals surface area contributed by atoms with Gasteiger partial charge in [0, 0.05) is 79.9 Å². The van der Waals surface area contributed by atoms with Crippen LogP contribution in [0.15, 0.2) is 67.1 Å². The molecule has 13 nitrogen and oxygen atoms in total. The number of methoxy groups -OCH3 is 3. The molecule has 7 rings (SSSR count). The summed E-state index contributed by atoms with van der Waals surface area (Å²) in [4.78, 5) is 42.1. The molecule has 5 aromatic rings. The second kappa shape index (κ2) is 15.8. The Morgan fingerprint density at radius 2 is 1.80 bits per heavy atom. The van der Waals surface area contributed by atoms with Crippen LogP contribution in [0.5, 0.6) is 17.2 Å². The van der Waals surface area contributed by atoms with E-state index in [2.05, 4.69) is 15.6 Å². The first-order valence-electron chi connectivity index (χ1n) is 17.8. The van der Waals surface area contributed by atoms with Crippen molar-refractivity contribution >= 4 is 29.0 Å². The first kappa shape index (κ1) is 37.4. The maximum atomic E-state index is 13.4. The van der Waals surface area contributed by atoms with Crippen LogP contribution in [0.3, 0.4) is 0 Å². The number of piperidine rings is 1. The number of hydrogen-bond acceptors (Lipinski definition) is 10. The highest BCUT2D eigenvalue weighted by Crippen LogP contribution is 2.41. The molecule has 55 heavy (non-hydrogen) atoms.